The highest BCUT2D eigenvalue weighted by Gasteiger charge is 2.65. The number of esters is 1. The van der Waals surface area contributed by atoms with Crippen LogP contribution in [0.25, 0.3) is 0 Å². The summed E-state index contributed by atoms with van der Waals surface area (Å²) in [5, 5.41) is 0. The van der Waals surface area contributed by atoms with E-state index in [-0.39, 0.29) is 22.9 Å². The van der Waals surface area contributed by atoms with Gasteiger partial charge in [0.25, 0.3) is 0 Å². The van der Waals surface area contributed by atoms with Crippen LogP contribution in [0, 0.1) is 28.6 Å². The van der Waals surface area contributed by atoms with Gasteiger partial charge in [0, 0.05) is 22.7 Å². The average Bonchev–Trinajstić information content (AvgIpc) is 2.89. The van der Waals surface area contributed by atoms with E-state index >= 15 is 0 Å². The third-order valence-corrected chi connectivity index (χ3v) is 6.90. The monoisotopic (exact) mass is 328 g/mol. The molecule has 1 aromatic rings. The minimum absolute atomic E-state index is 0.0151. The third-order valence-electron chi connectivity index (χ3n) is 6.09. The first kappa shape index (κ1) is 16.5. The largest absolute Gasteiger partial charge is 0.452 e. The fourth-order valence-corrected chi connectivity index (χ4v) is 5.78. The van der Waals surface area contributed by atoms with Crippen LogP contribution in [0.4, 0.5) is 0 Å². The summed E-state index contributed by atoms with van der Waals surface area (Å²) >= 11 is 1.87. The van der Waals surface area contributed by atoms with Gasteiger partial charge in [0.05, 0.1) is 0 Å². The van der Waals surface area contributed by atoms with E-state index in [1.54, 1.807) is 0 Å². The topological polar surface area (TPSA) is 26.3 Å². The number of fused-ring (bicyclic) bond motifs is 2. The van der Waals surface area contributed by atoms with Crippen molar-refractivity contribution in [2.75, 3.05) is 12.0 Å². The van der Waals surface area contributed by atoms with Crippen molar-refractivity contribution in [3.8, 4) is 11.8 Å². The summed E-state index contributed by atoms with van der Waals surface area (Å²) < 4.78 is 5.83. The summed E-state index contributed by atoms with van der Waals surface area (Å²) in [7, 11) is 0. The lowest BCUT2D eigenvalue weighted by Gasteiger charge is -2.41. The molecule has 0 heterocycles. The van der Waals surface area contributed by atoms with E-state index in [4.69, 9.17) is 4.74 Å². The summed E-state index contributed by atoms with van der Waals surface area (Å²) in [5.41, 5.74) is 1.20. The Bertz CT molecular complexity index is 641. The summed E-state index contributed by atoms with van der Waals surface area (Å²) in [6.45, 7) is 4.70. The van der Waals surface area contributed by atoms with Gasteiger partial charge in [0.1, 0.15) is 6.10 Å². The van der Waals surface area contributed by atoms with E-state index in [0.29, 0.717) is 5.92 Å². The molecule has 1 aromatic carbocycles. The molecule has 2 aliphatic rings. The van der Waals surface area contributed by atoms with Gasteiger partial charge in [-0.2, -0.15) is 11.8 Å². The summed E-state index contributed by atoms with van der Waals surface area (Å²) in [6.07, 6.45) is 5.57. The molecule has 2 fully saturated rings. The smallest absolute Gasteiger partial charge is 0.385 e. The van der Waals surface area contributed by atoms with Crippen LogP contribution in [0.15, 0.2) is 30.3 Å². The van der Waals surface area contributed by atoms with Gasteiger partial charge in [-0.25, -0.2) is 4.79 Å². The highest BCUT2D eigenvalue weighted by Crippen LogP contribution is 2.67. The number of hydrogen-bond donors (Lipinski definition) is 0. The molecule has 3 atom stereocenters. The zero-order valence-electron chi connectivity index (χ0n) is 14.1. The molecule has 2 bridgehead atoms. The van der Waals surface area contributed by atoms with Crippen LogP contribution in [0.2, 0.25) is 0 Å². The van der Waals surface area contributed by atoms with Crippen LogP contribution in [0.3, 0.4) is 0 Å². The SMILES string of the molecule is CSC[C@]12CC[C@H](C[C@H]1OC(=O)C#Cc1ccccc1)C2(C)C. The molecule has 0 aromatic heterocycles. The standard InChI is InChI=1S/C20H24O2S/c1-19(2)16-11-12-20(19,14-23-3)17(13-16)22-18(21)10-9-15-7-5-4-6-8-15/h4-8,16-17H,11-14H2,1-3H3/t16-,17-,20-/m1/s1. The van der Waals surface area contributed by atoms with E-state index in [9.17, 15) is 4.79 Å². The van der Waals surface area contributed by atoms with E-state index in [1.165, 1.54) is 6.42 Å². The van der Waals surface area contributed by atoms with Crippen LogP contribution < -0.4 is 0 Å². The Hall–Kier alpha value is -1.40. The molecule has 0 spiro atoms. The molecule has 3 heteroatoms. The number of hydrogen-bond acceptors (Lipinski definition) is 3. The molecule has 0 radical (unpaired) electrons. The Morgan fingerprint density at radius 2 is 2.09 bits per heavy atom. The Morgan fingerprint density at radius 3 is 2.74 bits per heavy atom. The second-order valence-electron chi connectivity index (χ2n) is 7.29. The molecule has 0 unspecified atom stereocenters. The van der Waals surface area contributed by atoms with Crippen LogP contribution in [0.1, 0.15) is 38.7 Å². The number of carbonyl (C=O) groups is 1. The zero-order chi connectivity index (χ0) is 16.5. The fraction of sp³-hybridized carbons (Fsp3) is 0.550. The van der Waals surface area contributed by atoms with Gasteiger partial charge in [0.2, 0.25) is 0 Å². The predicted molar refractivity (Wildman–Crippen MR) is 95.1 cm³/mol. The van der Waals surface area contributed by atoms with Crippen molar-refractivity contribution < 1.29 is 9.53 Å². The van der Waals surface area contributed by atoms with Crippen molar-refractivity contribution in [2.45, 2.75) is 39.2 Å². The van der Waals surface area contributed by atoms with Crippen LogP contribution >= 0.6 is 11.8 Å². The van der Waals surface area contributed by atoms with Crippen molar-refractivity contribution >= 4 is 17.7 Å². The molecule has 2 saturated carbocycles. The third kappa shape index (κ3) is 2.78. The van der Waals surface area contributed by atoms with Crippen molar-refractivity contribution in [1.82, 2.24) is 0 Å². The van der Waals surface area contributed by atoms with Gasteiger partial charge in [-0.1, -0.05) is 38.0 Å². The minimum Gasteiger partial charge on any atom is -0.452 e. The average molecular weight is 328 g/mol. The Balaban J connectivity index is 1.73. The van der Waals surface area contributed by atoms with E-state index in [0.717, 1.165) is 24.2 Å². The first-order chi connectivity index (χ1) is 11.0. The van der Waals surface area contributed by atoms with Crippen LogP contribution in [0.5, 0.6) is 0 Å². The second kappa shape index (κ2) is 6.24. The van der Waals surface area contributed by atoms with E-state index < -0.39 is 0 Å². The maximum atomic E-state index is 12.2. The molecule has 3 rings (SSSR count). The maximum absolute atomic E-state index is 12.2. The molecular weight excluding hydrogens is 304 g/mol. The predicted octanol–water partition coefficient (Wildman–Crippen LogP) is 4.14. The first-order valence-corrected chi connectivity index (χ1v) is 9.65. The Kier molecular flexibility index (Phi) is 4.47. The van der Waals surface area contributed by atoms with E-state index in [1.807, 2.05) is 42.1 Å². The van der Waals surface area contributed by atoms with Gasteiger partial charge in [-0.3, -0.25) is 0 Å². The second-order valence-corrected chi connectivity index (χ2v) is 8.16. The number of carbonyl (C=O) groups excluding carboxylic acids is 1. The maximum Gasteiger partial charge on any atom is 0.385 e. The number of ether oxygens (including phenoxy) is 1. The normalized spacial score (nSPS) is 30.6. The lowest BCUT2D eigenvalue weighted by molar-refractivity contribution is -0.149. The fourth-order valence-electron chi connectivity index (χ4n) is 4.57. The molecule has 0 amide bonds. The lowest BCUT2D eigenvalue weighted by Crippen LogP contribution is -2.43. The molecule has 0 saturated heterocycles. The zero-order valence-corrected chi connectivity index (χ0v) is 14.9. The molecule has 2 nitrogen and oxygen atoms in total. The van der Waals surface area contributed by atoms with Crippen molar-refractivity contribution in [3.63, 3.8) is 0 Å². The lowest BCUT2D eigenvalue weighted by atomic mass is 9.69. The molecule has 122 valence electrons. The van der Waals surface area contributed by atoms with Gasteiger partial charge in [0.15, 0.2) is 0 Å². The van der Waals surface area contributed by atoms with Gasteiger partial charge >= 0.3 is 5.97 Å². The summed E-state index contributed by atoms with van der Waals surface area (Å²) in [6, 6.07) is 9.57. The highest BCUT2D eigenvalue weighted by atomic mass is 32.2. The summed E-state index contributed by atoms with van der Waals surface area (Å²) in [5.74, 6) is 6.88. The van der Waals surface area contributed by atoms with Crippen molar-refractivity contribution in [1.29, 1.82) is 0 Å². The number of rotatable bonds is 3. The number of thioether (sulfide) groups is 1. The molecule has 0 aliphatic heterocycles. The number of benzene rings is 1. The van der Waals surface area contributed by atoms with Gasteiger partial charge in [-0.05, 0) is 49.0 Å². The van der Waals surface area contributed by atoms with Gasteiger partial charge in [-0.15, -0.1) is 0 Å². The highest BCUT2D eigenvalue weighted by molar-refractivity contribution is 7.98. The minimum atomic E-state index is -0.386. The molecule has 2 aliphatic carbocycles. The van der Waals surface area contributed by atoms with Crippen molar-refractivity contribution in [3.05, 3.63) is 35.9 Å². The van der Waals surface area contributed by atoms with Crippen LogP contribution in [-0.4, -0.2) is 24.1 Å². The Labute approximate surface area is 143 Å². The van der Waals surface area contributed by atoms with Crippen LogP contribution in [-0.2, 0) is 9.53 Å². The van der Waals surface area contributed by atoms with E-state index in [2.05, 4.69) is 31.9 Å². The Morgan fingerprint density at radius 1 is 1.35 bits per heavy atom. The van der Waals surface area contributed by atoms with Crippen molar-refractivity contribution in [2.24, 2.45) is 16.7 Å². The molecule has 23 heavy (non-hydrogen) atoms. The first-order valence-electron chi connectivity index (χ1n) is 8.26. The molecular formula is C20H24O2S. The quantitative estimate of drug-likeness (QED) is 0.616. The summed E-state index contributed by atoms with van der Waals surface area (Å²) in [4.78, 5) is 12.2. The van der Waals surface area contributed by atoms with Gasteiger partial charge < -0.3 is 4.74 Å². The molecule has 0 N–H and O–H groups in total.